The van der Waals surface area contributed by atoms with Crippen LogP contribution in [0.5, 0.6) is 0 Å². The van der Waals surface area contributed by atoms with Crippen LogP contribution in [0.2, 0.25) is 5.02 Å². The monoisotopic (exact) mass is 356 g/mol. The first-order valence-electron chi connectivity index (χ1n) is 5.60. The van der Waals surface area contributed by atoms with Crippen LogP contribution in [0, 0.1) is 5.82 Å². The van der Waals surface area contributed by atoms with Crippen LogP contribution in [-0.2, 0) is 12.1 Å². The number of nitrogens with one attached hydrogen (secondary N) is 1. The minimum absolute atomic E-state index is 0.382. The topological polar surface area (TPSA) is 66.0 Å². The molecule has 0 atom stereocenters. The number of aromatic nitrogens is 2. The van der Waals surface area contributed by atoms with Gasteiger partial charge in [-0.2, -0.15) is 18.3 Å². The van der Waals surface area contributed by atoms with E-state index in [9.17, 15) is 22.4 Å². The molecule has 1 aromatic carbocycles. The number of benzene rings is 1. The van der Waals surface area contributed by atoms with Crippen molar-refractivity contribution >= 4 is 29.2 Å². The second kappa shape index (κ2) is 5.77. The fourth-order valence-corrected chi connectivity index (χ4v) is 2.34. The smallest absolute Gasteiger partial charge is 0.433 e. The summed E-state index contributed by atoms with van der Waals surface area (Å²) < 4.78 is 52.3. The molecule has 1 heterocycles. The molecule has 22 heavy (non-hydrogen) atoms. The number of carbonyl (C=O) groups is 1. The van der Waals surface area contributed by atoms with Gasteiger partial charge in [-0.25, -0.2) is 9.18 Å². The summed E-state index contributed by atoms with van der Waals surface area (Å²) in [7, 11) is 0. The predicted molar refractivity (Wildman–Crippen MR) is 70.5 cm³/mol. The van der Waals surface area contributed by atoms with E-state index in [4.69, 9.17) is 28.3 Å². The van der Waals surface area contributed by atoms with Crippen LogP contribution in [0.3, 0.4) is 0 Å². The lowest BCUT2D eigenvalue weighted by molar-refractivity contribution is -0.141. The van der Waals surface area contributed by atoms with Crippen molar-refractivity contribution in [2.45, 2.75) is 12.1 Å². The Morgan fingerprint density at radius 2 is 2.00 bits per heavy atom. The highest BCUT2D eigenvalue weighted by molar-refractivity contribution is 6.33. The zero-order valence-electron chi connectivity index (χ0n) is 10.4. The molecule has 0 fully saturated rings. The van der Waals surface area contributed by atoms with Gasteiger partial charge in [0.05, 0.1) is 16.5 Å². The highest BCUT2D eigenvalue weighted by Gasteiger charge is 2.37. The van der Waals surface area contributed by atoms with Gasteiger partial charge in [0.1, 0.15) is 17.2 Å². The van der Waals surface area contributed by atoms with Crippen LogP contribution in [0.1, 0.15) is 21.6 Å². The molecular weight excluding hydrogens is 351 g/mol. The molecular formula is C12H6Cl2F4N2O2. The molecule has 0 bridgehead atoms. The van der Waals surface area contributed by atoms with E-state index in [0.717, 1.165) is 6.07 Å². The number of carboxylic acids is 1. The molecule has 10 heteroatoms. The maximum atomic E-state index is 13.9. The van der Waals surface area contributed by atoms with Gasteiger partial charge in [0.15, 0.2) is 0 Å². The number of H-pyrrole nitrogens is 1. The minimum atomic E-state index is -4.76. The molecule has 0 unspecified atom stereocenters. The van der Waals surface area contributed by atoms with Crippen molar-refractivity contribution in [1.29, 1.82) is 0 Å². The average molecular weight is 357 g/mol. The lowest BCUT2D eigenvalue weighted by Crippen LogP contribution is -2.08. The number of hydrogen-bond acceptors (Lipinski definition) is 2. The molecule has 0 aliphatic heterocycles. The summed E-state index contributed by atoms with van der Waals surface area (Å²) in [6.07, 6.45) is -4.76. The number of rotatable bonds is 3. The Morgan fingerprint density at radius 1 is 1.36 bits per heavy atom. The molecule has 2 rings (SSSR count). The molecule has 0 spiro atoms. The van der Waals surface area contributed by atoms with E-state index in [2.05, 4.69) is 5.10 Å². The van der Waals surface area contributed by atoms with E-state index in [-0.39, 0.29) is 5.02 Å². The van der Waals surface area contributed by atoms with Gasteiger partial charge in [-0.3, -0.25) is 5.10 Å². The summed E-state index contributed by atoms with van der Waals surface area (Å²) in [6.45, 7) is 0. The summed E-state index contributed by atoms with van der Waals surface area (Å²) >= 11 is 11.1. The van der Waals surface area contributed by atoms with Crippen LogP contribution in [0.15, 0.2) is 12.1 Å². The maximum absolute atomic E-state index is 13.9. The second-order valence-electron chi connectivity index (χ2n) is 4.17. The van der Waals surface area contributed by atoms with Gasteiger partial charge in [-0.05, 0) is 12.1 Å². The Bertz CT molecular complexity index is 743. The number of aromatic carboxylic acids is 1. The van der Waals surface area contributed by atoms with Gasteiger partial charge in [0.2, 0.25) is 0 Å². The third-order valence-electron chi connectivity index (χ3n) is 2.83. The van der Waals surface area contributed by atoms with Gasteiger partial charge >= 0.3 is 12.1 Å². The fraction of sp³-hybridized carbons (Fsp3) is 0.167. The zero-order valence-corrected chi connectivity index (χ0v) is 11.9. The van der Waals surface area contributed by atoms with Crippen molar-refractivity contribution in [3.05, 3.63) is 39.8 Å². The average Bonchev–Trinajstić information content (AvgIpc) is 2.81. The lowest BCUT2D eigenvalue weighted by Gasteiger charge is -2.08. The minimum Gasteiger partial charge on any atom is -0.478 e. The molecule has 2 aromatic rings. The van der Waals surface area contributed by atoms with E-state index in [1.165, 1.54) is 0 Å². The molecule has 0 radical (unpaired) electrons. The van der Waals surface area contributed by atoms with Crippen LogP contribution in [0.4, 0.5) is 17.6 Å². The van der Waals surface area contributed by atoms with Crippen molar-refractivity contribution in [3.8, 4) is 11.3 Å². The molecule has 0 saturated heterocycles. The van der Waals surface area contributed by atoms with Gasteiger partial charge in [0, 0.05) is 11.1 Å². The lowest BCUT2D eigenvalue weighted by atomic mass is 10.0. The standard InChI is InChI=1S/C12H6Cl2F4N2O2/c13-3-6-9(19-20-10(6)12(16,17)18)5-1-4(11(21)22)7(14)2-8(5)15/h1-2H,3H2,(H,19,20)(H,21,22). The predicted octanol–water partition coefficient (Wildman–Crippen LogP) is 4.33. The van der Waals surface area contributed by atoms with Gasteiger partial charge < -0.3 is 5.11 Å². The number of nitrogens with zero attached hydrogens (tertiary/aromatic N) is 1. The summed E-state index contributed by atoms with van der Waals surface area (Å²) in [5.74, 6) is -3.06. The summed E-state index contributed by atoms with van der Waals surface area (Å²) in [6, 6.07) is 1.51. The normalized spacial score (nSPS) is 11.7. The number of halogens is 6. The van der Waals surface area contributed by atoms with Crippen LogP contribution < -0.4 is 0 Å². The summed E-state index contributed by atoms with van der Waals surface area (Å²) in [5, 5.41) is 13.7. The highest BCUT2D eigenvalue weighted by Crippen LogP contribution is 2.37. The fourth-order valence-electron chi connectivity index (χ4n) is 1.85. The van der Waals surface area contributed by atoms with Gasteiger partial charge in [-0.15, -0.1) is 11.6 Å². The van der Waals surface area contributed by atoms with Gasteiger partial charge in [0.25, 0.3) is 0 Å². The van der Waals surface area contributed by atoms with Crippen molar-refractivity contribution in [2.75, 3.05) is 0 Å². The van der Waals surface area contributed by atoms with Crippen molar-refractivity contribution in [3.63, 3.8) is 0 Å². The first-order valence-corrected chi connectivity index (χ1v) is 6.51. The van der Waals surface area contributed by atoms with Crippen molar-refractivity contribution < 1.29 is 27.5 Å². The number of carboxylic acid groups (broad SMARTS) is 1. The second-order valence-corrected chi connectivity index (χ2v) is 4.85. The van der Waals surface area contributed by atoms with E-state index in [1.54, 1.807) is 5.10 Å². The van der Waals surface area contributed by atoms with Crippen molar-refractivity contribution in [1.82, 2.24) is 10.2 Å². The maximum Gasteiger partial charge on any atom is 0.433 e. The Morgan fingerprint density at radius 3 is 2.50 bits per heavy atom. The highest BCUT2D eigenvalue weighted by atomic mass is 35.5. The largest absolute Gasteiger partial charge is 0.478 e. The molecule has 118 valence electrons. The van der Waals surface area contributed by atoms with Crippen LogP contribution >= 0.6 is 23.2 Å². The summed E-state index contributed by atoms with van der Waals surface area (Å²) in [4.78, 5) is 11.0. The Balaban J connectivity index is 2.70. The van der Waals surface area contributed by atoms with Crippen molar-refractivity contribution in [2.24, 2.45) is 0 Å². The van der Waals surface area contributed by atoms with E-state index >= 15 is 0 Å². The number of hydrogen-bond donors (Lipinski definition) is 2. The van der Waals surface area contributed by atoms with Crippen LogP contribution in [0.25, 0.3) is 11.3 Å². The molecule has 0 amide bonds. The molecule has 0 aliphatic rings. The Hall–Kier alpha value is -1.80. The molecule has 4 nitrogen and oxygen atoms in total. The summed E-state index contributed by atoms with van der Waals surface area (Å²) in [5.41, 5.74) is -3.02. The van der Waals surface area contributed by atoms with E-state index in [1.807, 2.05) is 0 Å². The quantitative estimate of drug-likeness (QED) is 0.635. The molecule has 0 aliphatic carbocycles. The molecule has 1 aromatic heterocycles. The number of aromatic amines is 1. The number of alkyl halides is 4. The first-order chi connectivity index (χ1) is 10.2. The SMILES string of the molecule is O=C(O)c1cc(-c2n[nH]c(C(F)(F)F)c2CCl)c(F)cc1Cl. The molecule has 2 N–H and O–H groups in total. The Kier molecular flexibility index (Phi) is 4.35. The third kappa shape index (κ3) is 2.89. The van der Waals surface area contributed by atoms with Crippen LogP contribution in [-0.4, -0.2) is 21.3 Å². The molecule has 0 saturated carbocycles. The van der Waals surface area contributed by atoms with E-state index < -0.39 is 51.9 Å². The zero-order chi connectivity index (χ0) is 16.7. The Labute approximate surface area is 130 Å². The van der Waals surface area contributed by atoms with E-state index in [0.29, 0.717) is 6.07 Å². The van der Waals surface area contributed by atoms with Gasteiger partial charge in [-0.1, -0.05) is 11.6 Å². The first kappa shape index (κ1) is 16.6. The third-order valence-corrected chi connectivity index (χ3v) is 3.41.